The van der Waals surface area contributed by atoms with Gasteiger partial charge in [-0.1, -0.05) is 25.5 Å². The number of para-hydroxylation sites is 1. The van der Waals surface area contributed by atoms with Crippen LogP contribution in [0.4, 0.5) is 5.69 Å². The van der Waals surface area contributed by atoms with E-state index in [9.17, 15) is 4.79 Å². The second-order valence-corrected chi connectivity index (χ2v) is 3.50. The Morgan fingerprint density at radius 1 is 1.47 bits per heavy atom. The lowest BCUT2D eigenvalue weighted by atomic mass is 10.0. The second-order valence-electron chi connectivity index (χ2n) is 3.50. The number of anilines is 1. The van der Waals surface area contributed by atoms with Crippen molar-refractivity contribution in [2.45, 2.75) is 26.2 Å². The van der Waals surface area contributed by atoms with Crippen LogP contribution in [-0.4, -0.2) is 18.1 Å². The maximum Gasteiger partial charge on any atom is 0.337 e. The normalized spacial score (nSPS) is 10.0. The van der Waals surface area contributed by atoms with Crippen molar-refractivity contribution in [3.05, 3.63) is 29.3 Å². The van der Waals surface area contributed by atoms with Crippen molar-refractivity contribution in [2.75, 3.05) is 12.4 Å². The molecule has 0 fully saturated rings. The fraction of sp³-hybridized carbons (Fsp3) is 0.417. The molecule has 82 valence electrons. The number of hydrogen-bond acceptors (Lipinski definition) is 2. The average molecular weight is 207 g/mol. The van der Waals surface area contributed by atoms with Crippen LogP contribution in [-0.2, 0) is 6.42 Å². The number of carbonyl (C=O) groups is 1. The number of hydrogen-bond donors (Lipinski definition) is 2. The summed E-state index contributed by atoms with van der Waals surface area (Å²) in [5, 5.41) is 12.0. The largest absolute Gasteiger partial charge is 0.478 e. The molecule has 0 aliphatic heterocycles. The predicted octanol–water partition coefficient (Wildman–Crippen LogP) is 2.77. The molecule has 1 rings (SSSR count). The minimum atomic E-state index is -0.877. The Balaban J connectivity index is 3.04. The van der Waals surface area contributed by atoms with Crippen LogP contribution in [0.25, 0.3) is 0 Å². The van der Waals surface area contributed by atoms with E-state index in [-0.39, 0.29) is 0 Å². The van der Waals surface area contributed by atoms with E-state index < -0.39 is 5.97 Å². The fourth-order valence-electron chi connectivity index (χ4n) is 1.65. The summed E-state index contributed by atoms with van der Waals surface area (Å²) in [6.45, 7) is 2.13. The summed E-state index contributed by atoms with van der Waals surface area (Å²) < 4.78 is 0. The molecule has 0 saturated carbocycles. The summed E-state index contributed by atoms with van der Waals surface area (Å²) in [7, 11) is 1.76. The Morgan fingerprint density at radius 2 is 2.20 bits per heavy atom. The van der Waals surface area contributed by atoms with Crippen LogP contribution < -0.4 is 5.32 Å². The molecular formula is C12H17NO2. The zero-order chi connectivity index (χ0) is 11.3. The molecule has 0 aliphatic rings. The molecule has 1 aromatic rings. The molecule has 0 saturated heterocycles. The van der Waals surface area contributed by atoms with Crippen molar-refractivity contribution in [1.82, 2.24) is 0 Å². The molecule has 3 heteroatoms. The molecule has 0 radical (unpaired) electrons. The molecule has 0 atom stereocenters. The zero-order valence-corrected chi connectivity index (χ0v) is 9.21. The van der Waals surface area contributed by atoms with Gasteiger partial charge in [-0.15, -0.1) is 0 Å². The Bertz CT molecular complexity index is 347. The van der Waals surface area contributed by atoms with Crippen molar-refractivity contribution < 1.29 is 9.90 Å². The minimum absolute atomic E-state index is 0.353. The van der Waals surface area contributed by atoms with Gasteiger partial charge in [-0.25, -0.2) is 4.79 Å². The number of aryl methyl sites for hydroxylation is 1. The molecule has 2 N–H and O–H groups in total. The summed E-state index contributed by atoms with van der Waals surface area (Å²) in [6, 6.07) is 5.41. The van der Waals surface area contributed by atoms with Gasteiger partial charge in [-0.3, -0.25) is 0 Å². The Kier molecular flexibility index (Phi) is 4.16. The summed E-state index contributed by atoms with van der Waals surface area (Å²) in [5.41, 5.74) is 2.18. The number of carboxylic acids is 1. The van der Waals surface area contributed by atoms with E-state index in [1.807, 2.05) is 6.07 Å². The third-order valence-corrected chi connectivity index (χ3v) is 2.43. The van der Waals surface area contributed by atoms with E-state index >= 15 is 0 Å². The third-order valence-electron chi connectivity index (χ3n) is 2.43. The second kappa shape index (κ2) is 5.39. The number of carboxylic acid groups (broad SMARTS) is 1. The van der Waals surface area contributed by atoms with Crippen LogP contribution >= 0.6 is 0 Å². The van der Waals surface area contributed by atoms with Gasteiger partial charge >= 0.3 is 5.97 Å². The molecule has 3 nitrogen and oxygen atoms in total. The van der Waals surface area contributed by atoms with E-state index in [0.29, 0.717) is 5.56 Å². The highest BCUT2D eigenvalue weighted by atomic mass is 16.4. The van der Waals surface area contributed by atoms with Crippen molar-refractivity contribution in [3.8, 4) is 0 Å². The quantitative estimate of drug-likeness (QED) is 0.780. The van der Waals surface area contributed by atoms with Gasteiger partial charge < -0.3 is 10.4 Å². The molecule has 0 bridgehead atoms. The molecule has 0 heterocycles. The standard InChI is InChI=1S/C12H17NO2/c1-3-4-6-9-7-5-8-10(12(14)15)11(9)13-2/h5,7-8,13H,3-4,6H2,1-2H3,(H,14,15). The van der Waals surface area contributed by atoms with Crippen LogP contribution in [0.2, 0.25) is 0 Å². The highest BCUT2D eigenvalue weighted by Crippen LogP contribution is 2.22. The number of benzene rings is 1. The van der Waals surface area contributed by atoms with Gasteiger partial charge in [0.15, 0.2) is 0 Å². The lowest BCUT2D eigenvalue weighted by Crippen LogP contribution is -2.05. The molecule has 1 aromatic carbocycles. The summed E-state index contributed by atoms with van der Waals surface area (Å²) in [4.78, 5) is 11.0. The van der Waals surface area contributed by atoms with Gasteiger partial charge in [-0.05, 0) is 24.5 Å². The number of unbranched alkanes of at least 4 members (excludes halogenated alkanes) is 1. The van der Waals surface area contributed by atoms with E-state index in [1.54, 1.807) is 19.2 Å². The molecule has 15 heavy (non-hydrogen) atoms. The Hall–Kier alpha value is -1.51. The fourth-order valence-corrected chi connectivity index (χ4v) is 1.65. The first-order chi connectivity index (χ1) is 7.20. The van der Waals surface area contributed by atoms with Crippen LogP contribution in [0.3, 0.4) is 0 Å². The predicted molar refractivity (Wildman–Crippen MR) is 61.6 cm³/mol. The van der Waals surface area contributed by atoms with E-state index in [2.05, 4.69) is 12.2 Å². The van der Waals surface area contributed by atoms with Crippen LogP contribution in [0, 0.1) is 0 Å². The van der Waals surface area contributed by atoms with E-state index in [1.165, 1.54) is 0 Å². The van der Waals surface area contributed by atoms with Crippen LogP contribution in [0.15, 0.2) is 18.2 Å². The topological polar surface area (TPSA) is 49.3 Å². The molecule has 0 aliphatic carbocycles. The first-order valence-corrected chi connectivity index (χ1v) is 5.23. The Labute approximate surface area is 90.1 Å². The monoisotopic (exact) mass is 207 g/mol. The van der Waals surface area contributed by atoms with Gasteiger partial charge in [0.1, 0.15) is 0 Å². The van der Waals surface area contributed by atoms with Crippen molar-refractivity contribution in [3.63, 3.8) is 0 Å². The highest BCUT2D eigenvalue weighted by Gasteiger charge is 2.11. The Morgan fingerprint density at radius 3 is 2.73 bits per heavy atom. The SMILES string of the molecule is CCCCc1cccc(C(=O)O)c1NC. The molecule has 0 unspecified atom stereocenters. The minimum Gasteiger partial charge on any atom is -0.478 e. The molecular weight excluding hydrogens is 190 g/mol. The van der Waals surface area contributed by atoms with Crippen molar-refractivity contribution in [1.29, 1.82) is 0 Å². The van der Waals surface area contributed by atoms with E-state index in [0.717, 1.165) is 30.5 Å². The molecule has 0 spiro atoms. The number of nitrogens with one attached hydrogen (secondary N) is 1. The zero-order valence-electron chi connectivity index (χ0n) is 9.21. The maximum atomic E-state index is 11.0. The van der Waals surface area contributed by atoms with E-state index in [4.69, 9.17) is 5.11 Å². The first kappa shape index (κ1) is 11.6. The molecule has 0 aromatic heterocycles. The van der Waals surface area contributed by atoms with Crippen molar-refractivity contribution >= 4 is 11.7 Å². The van der Waals surface area contributed by atoms with Crippen LogP contribution in [0.5, 0.6) is 0 Å². The maximum absolute atomic E-state index is 11.0. The van der Waals surface area contributed by atoms with Gasteiger partial charge in [0.05, 0.1) is 11.3 Å². The first-order valence-electron chi connectivity index (χ1n) is 5.23. The van der Waals surface area contributed by atoms with Crippen LogP contribution in [0.1, 0.15) is 35.7 Å². The van der Waals surface area contributed by atoms with Gasteiger partial charge in [-0.2, -0.15) is 0 Å². The summed E-state index contributed by atoms with van der Waals surface area (Å²) in [6.07, 6.45) is 3.12. The lowest BCUT2D eigenvalue weighted by molar-refractivity contribution is 0.0698. The molecule has 0 amide bonds. The third kappa shape index (κ3) is 2.72. The average Bonchev–Trinajstić information content (AvgIpc) is 2.25. The van der Waals surface area contributed by atoms with Crippen molar-refractivity contribution in [2.24, 2.45) is 0 Å². The summed E-state index contributed by atoms with van der Waals surface area (Å²) in [5.74, 6) is -0.877. The van der Waals surface area contributed by atoms with Gasteiger partial charge in [0, 0.05) is 7.05 Å². The van der Waals surface area contributed by atoms with Gasteiger partial charge in [0.25, 0.3) is 0 Å². The van der Waals surface area contributed by atoms with Gasteiger partial charge in [0.2, 0.25) is 0 Å². The highest BCUT2D eigenvalue weighted by molar-refractivity contribution is 5.95. The lowest BCUT2D eigenvalue weighted by Gasteiger charge is -2.11. The number of aromatic carboxylic acids is 1. The number of rotatable bonds is 5. The smallest absolute Gasteiger partial charge is 0.337 e. The summed E-state index contributed by atoms with van der Waals surface area (Å²) >= 11 is 0.